The maximum absolute atomic E-state index is 14.1. The van der Waals surface area contributed by atoms with E-state index in [9.17, 15) is 24.3 Å². The first-order valence-corrected chi connectivity index (χ1v) is 14.4. The Morgan fingerprint density at radius 1 is 0.854 bits per heavy atom. The van der Waals surface area contributed by atoms with Crippen LogP contribution in [0.3, 0.4) is 0 Å². The van der Waals surface area contributed by atoms with Crippen LogP contribution in [0.1, 0.15) is 63.1 Å². The predicted octanol–water partition coefficient (Wildman–Crippen LogP) is 3.98. The summed E-state index contributed by atoms with van der Waals surface area (Å²) in [6.45, 7) is 6.77. The zero-order chi connectivity index (χ0) is 29.4. The van der Waals surface area contributed by atoms with Gasteiger partial charge in [-0.2, -0.15) is 0 Å². The van der Waals surface area contributed by atoms with Crippen LogP contribution in [0, 0.1) is 0 Å². The monoisotopic (exact) mass is 561 g/mol. The van der Waals surface area contributed by atoms with E-state index in [2.05, 4.69) is 0 Å². The van der Waals surface area contributed by atoms with E-state index in [1.165, 1.54) is 9.80 Å². The van der Waals surface area contributed by atoms with E-state index in [0.717, 1.165) is 16.7 Å². The van der Waals surface area contributed by atoms with Crippen molar-refractivity contribution < 1.29 is 29.0 Å². The molecule has 2 aromatic carbocycles. The van der Waals surface area contributed by atoms with E-state index in [0.29, 0.717) is 51.7 Å². The molecule has 2 aromatic rings. The quantitative estimate of drug-likeness (QED) is 0.605. The third kappa shape index (κ3) is 5.67. The number of amides is 3. The fraction of sp³-hybridized carbons (Fsp3) is 0.500. The van der Waals surface area contributed by atoms with Gasteiger partial charge in [-0.1, -0.05) is 54.6 Å². The fourth-order valence-corrected chi connectivity index (χ4v) is 6.50. The van der Waals surface area contributed by atoms with Gasteiger partial charge in [0, 0.05) is 26.1 Å². The van der Waals surface area contributed by atoms with Crippen LogP contribution in [0.15, 0.2) is 54.6 Å². The fourth-order valence-electron chi connectivity index (χ4n) is 6.50. The van der Waals surface area contributed by atoms with Crippen molar-refractivity contribution in [3.8, 4) is 0 Å². The molecule has 9 nitrogen and oxygen atoms in total. The second kappa shape index (κ2) is 11.2. The Kier molecular flexibility index (Phi) is 7.81. The average Bonchev–Trinajstić information content (AvgIpc) is 3.46. The first-order valence-electron chi connectivity index (χ1n) is 14.4. The summed E-state index contributed by atoms with van der Waals surface area (Å²) in [5, 5.41) is 9.77. The number of hydrogen-bond acceptors (Lipinski definition) is 5. The van der Waals surface area contributed by atoms with Gasteiger partial charge < -0.3 is 19.6 Å². The molecule has 218 valence electrons. The normalized spacial score (nSPS) is 22.2. The Labute approximate surface area is 241 Å². The summed E-state index contributed by atoms with van der Waals surface area (Å²) < 4.78 is 5.69. The molecule has 0 aromatic heterocycles. The van der Waals surface area contributed by atoms with Gasteiger partial charge >= 0.3 is 12.1 Å². The molecule has 41 heavy (non-hydrogen) atoms. The number of hydrogen-bond donors (Lipinski definition) is 1. The molecule has 3 aliphatic rings. The molecule has 2 fully saturated rings. The highest BCUT2D eigenvalue weighted by Crippen LogP contribution is 2.40. The summed E-state index contributed by atoms with van der Waals surface area (Å²) >= 11 is 0. The van der Waals surface area contributed by atoms with E-state index in [1.807, 2.05) is 54.6 Å². The Bertz CT molecular complexity index is 1310. The van der Waals surface area contributed by atoms with E-state index < -0.39 is 35.2 Å². The van der Waals surface area contributed by atoms with E-state index in [4.69, 9.17) is 4.74 Å². The molecule has 2 atom stereocenters. The van der Waals surface area contributed by atoms with Crippen LogP contribution in [-0.4, -0.2) is 81.0 Å². The van der Waals surface area contributed by atoms with Crippen molar-refractivity contribution in [2.75, 3.05) is 19.6 Å². The summed E-state index contributed by atoms with van der Waals surface area (Å²) in [6.07, 6.45) is 1.72. The van der Waals surface area contributed by atoms with Crippen molar-refractivity contribution in [1.29, 1.82) is 0 Å². The summed E-state index contributed by atoms with van der Waals surface area (Å²) in [6, 6.07) is 15.8. The third-order valence-corrected chi connectivity index (χ3v) is 8.62. The number of aliphatic carboxylic acids is 1. The average molecular weight is 562 g/mol. The lowest BCUT2D eigenvalue weighted by molar-refractivity contribution is -0.152. The van der Waals surface area contributed by atoms with Gasteiger partial charge in [-0.05, 0) is 63.1 Å². The van der Waals surface area contributed by atoms with Crippen LogP contribution in [0.4, 0.5) is 4.79 Å². The Morgan fingerprint density at radius 2 is 1.49 bits per heavy atom. The summed E-state index contributed by atoms with van der Waals surface area (Å²) in [5.74, 6) is -1.32. The molecule has 3 heterocycles. The van der Waals surface area contributed by atoms with Gasteiger partial charge in [0.2, 0.25) is 11.8 Å². The molecule has 0 spiro atoms. The number of carbonyl (C=O) groups excluding carboxylic acids is 3. The molecule has 3 amide bonds. The van der Waals surface area contributed by atoms with Crippen molar-refractivity contribution in [2.45, 2.75) is 82.5 Å². The second-order valence-electron chi connectivity index (χ2n) is 12.4. The maximum atomic E-state index is 14.1. The Balaban J connectivity index is 1.39. The largest absolute Gasteiger partial charge is 0.480 e. The number of piperidine rings is 1. The lowest BCUT2D eigenvalue weighted by atomic mass is 9.71. The molecule has 2 unspecified atom stereocenters. The molecular formula is C32H39N3O6. The number of carboxylic acids is 1. The zero-order valence-corrected chi connectivity index (χ0v) is 24.0. The van der Waals surface area contributed by atoms with Gasteiger partial charge in [-0.15, -0.1) is 0 Å². The number of fused-ring (bicyclic) bond motifs is 1. The first kappa shape index (κ1) is 28.6. The van der Waals surface area contributed by atoms with Crippen LogP contribution in [-0.2, 0) is 37.5 Å². The summed E-state index contributed by atoms with van der Waals surface area (Å²) in [7, 11) is 0. The van der Waals surface area contributed by atoms with Crippen LogP contribution in [0.25, 0.3) is 0 Å². The van der Waals surface area contributed by atoms with Crippen LogP contribution in [0.2, 0.25) is 0 Å². The Hall–Kier alpha value is -3.88. The van der Waals surface area contributed by atoms with Gasteiger partial charge in [-0.25, -0.2) is 9.59 Å². The molecule has 0 bridgehead atoms. The number of likely N-dealkylation sites (tertiary alicyclic amines) is 2. The van der Waals surface area contributed by atoms with Gasteiger partial charge in [0.05, 0.1) is 12.0 Å². The van der Waals surface area contributed by atoms with Crippen molar-refractivity contribution in [3.63, 3.8) is 0 Å². The lowest BCUT2D eigenvalue weighted by Crippen LogP contribution is -2.59. The minimum Gasteiger partial charge on any atom is -0.480 e. The number of carboxylic acid groups (broad SMARTS) is 1. The molecule has 5 rings (SSSR count). The summed E-state index contributed by atoms with van der Waals surface area (Å²) in [4.78, 5) is 58.2. The van der Waals surface area contributed by atoms with Crippen LogP contribution in [0.5, 0.6) is 0 Å². The maximum Gasteiger partial charge on any atom is 0.411 e. The number of rotatable bonds is 4. The summed E-state index contributed by atoms with van der Waals surface area (Å²) in [5.41, 5.74) is 1.25. The van der Waals surface area contributed by atoms with E-state index in [-0.39, 0.29) is 18.4 Å². The molecule has 9 heteroatoms. The third-order valence-electron chi connectivity index (χ3n) is 8.62. The first-order chi connectivity index (χ1) is 19.5. The molecule has 1 N–H and O–H groups in total. The smallest absolute Gasteiger partial charge is 0.411 e. The topological polar surface area (TPSA) is 107 Å². The molecule has 2 saturated heterocycles. The zero-order valence-electron chi connectivity index (χ0n) is 24.0. The molecule has 0 saturated carbocycles. The molecule has 0 aliphatic carbocycles. The Morgan fingerprint density at radius 3 is 2.12 bits per heavy atom. The second-order valence-corrected chi connectivity index (χ2v) is 12.4. The van der Waals surface area contributed by atoms with E-state index >= 15 is 0 Å². The number of nitrogens with zero attached hydrogens (tertiary/aromatic N) is 3. The predicted molar refractivity (Wildman–Crippen MR) is 152 cm³/mol. The van der Waals surface area contributed by atoms with Crippen molar-refractivity contribution >= 4 is 23.9 Å². The minimum absolute atomic E-state index is 0.163. The van der Waals surface area contributed by atoms with Crippen molar-refractivity contribution in [2.24, 2.45) is 0 Å². The molecule has 3 aliphatic heterocycles. The van der Waals surface area contributed by atoms with Crippen molar-refractivity contribution in [3.05, 3.63) is 71.3 Å². The highest BCUT2D eigenvalue weighted by atomic mass is 16.6. The SMILES string of the molecule is CC(C)(C)OC(=O)N1Cc2ccccc2CC1C(=O)N1CCC(C(=O)N2CCCC2C(=O)O)(c2ccccc2)CC1. The van der Waals surface area contributed by atoms with E-state index in [1.54, 1.807) is 25.7 Å². The number of ether oxygens (including phenoxy) is 1. The van der Waals surface area contributed by atoms with Crippen molar-refractivity contribution in [1.82, 2.24) is 14.7 Å². The standard InChI is InChI=1S/C32H39N3O6/c1-31(2,3)41-30(40)35-21-23-11-8-7-10-22(23)20-26(35)27(36)33-18-15-32(16-19-33,24-12-5-4-6-13-24)29(39)34-17-9-14-25(34)28(37)38/h4-8,10-13,25-26H,9,14-21H2,1-3H3,(H,37,38). The van der Waals surface area contributed by atoms with Gasteiger partial charge in [0.1, 0.15) is 17.7 Å². The molecule has 0 radical (unpaired) electrons. The van der Waals surface area contributed by atoms with Gasteiger partial charge in [0.25, 0.3) is 0 Å². The lowest BCUT2D eigenvalue weighted by Gasteiger charge is -2.45. The van der Waals surface area contributed by atoms with Crippen LogP contribution >= 0.6 is 0 Å². The highest BCUT2D eigenvalue weighted by molar-refractivity contribution is 5.93. The number of carbonyl (C=O) groups is 4. The van der Waals surface area contributed by atoms with Crippen LogP contribution < -0.4 is 0 Å². The number of benzene rings is 2. The minimum atomic E-state index is -0.980. The van der Waals surface area contributed by atoms with Gasteiger partial charge in [-0.3, -0.25) is 14.5 Å². The highest BCUT2D eigenvalue weighted by Gasteiger charge is 2.50. The molecular weight excluding hydrogens is 522 g/mol. The van der Waals surface area contributed by atoms with Gasteiger partial charge in [0.15, 0.2) is 0 Å².